The molecule has 1 aliphatic carbocycles. The Bertz CT molecular complexity index is 691. The summed E-state index contributed by atoms with van der Waals surface area (Å²) in [6.07, 6.45) is 2.50. The van der Waals surface area contributed by atoms with Gasteiger partial charge >= 0.3 is 5.97 Å². The highest BCUT2D eigenvalue weighted by atomic mass is 16.5. The van der Waals surface area contributed by atoms with Crippen LogP contribution in [0.2, 0.25) is 0 Å². The molecule has 1 N–H and O–H groups in total. The molecule has 0 amide bonds. The lowest BCUT2D eigenvalue weighted by Crippen LogP contribution is -2.09. The van der Waals surface area contributed by atoms with Crippen LogP contribution in [-0.4, -0.2) is 17.7 Å². The van der Waals surface area contributed by atoms with Gasteiger partial charge < -0.3 is 9.84 Å². The fourth-order valence-electron chi connectivity index (χ4n) is 2.99. The molecule has 114 valence electrons. The zero-order chi connectivity index (χ0) is 15.5. The quantitative estimate of drug-likeness (QED) is 0.874. The zero-order valence-corrected chi connectivity index (χ0v) is 12.7. The summed E-state index contributed by atoms with van der Waals surface area (Å²) in [6.45, 7) is 2.17. The Labute approximate surface area is 130 Å². The van der Waals surface area contributed by atoms with Gasteiger partial charge in [0.15, 0.2) is 0 Å². The highest BCUT2D eigenvalue weighted by Crippen LogP contribution is 2.33. The average Bonchev–Trinajstić information content (AvgIpc) is 2.55. The van der Waals surface area contributed by atoms with Crippen LogP contribution in [0.3, 0.4) is 0 Å². The number of hydrogen-bond donors (Lipinski definition) is 1. The number of aliphatic hydroxyl groups is 1. The third-order valence-corrected chi connectivity index (χ3v) is 4.14. The van der Waals surface area contributed by atoms with Crippen molar-refractivity contribution < 1.29 is 14.6 Å². The van der Waals surface area contributed by atoms with Gasteiger partial charge in [0, 0.05) is 0 Å². The van der Waals surface area contributed by atoms with E-state index in [2.05, 4.69) is 12.1 Å². The van der Waals surface area contributed by atoms with Crippen molar-refractivity contribution in [3.05, 3.63) is 59.2 Å². The molecule has 1 unspecified atom stereocenters. The average molecular weight is 296 g/mol. The van der Waals surface area contributed by atoms with Crippen LogP contribution in [0.25, 0.3) is 11.1 Å². The molecule has 0 fully saturated rings. The first-order valence-electron chi connectivity index (χ1n) is 7.77. The molecule has 0 aliphatic heterocycles. The summed E-state index contributed by atoms with van der Waals surface area (Å²) in [5, 5.41) is 10.2. The second kappa shape index (κ2) is 6.32. The minimum atomic E-state index is -0.378. The number of carbonyl (C=O) groups excluding carboxylic acids is 1. The first-order valence-corrected chi connectivity index (χ1v) is 7.77. The summed E-state index contributed by atoms with van der Waals surface area (Å²) in [7, 11) is 0. The Morgan fingerprint density at radius 3 is 2.86 bits per heavy atom. The molecule has 0 aromatic heterocycles. The van der Waals surface area contributed by atoms with E-state index >= 15 is 0 Å². The predicted octanol–water partition coefficient (Wildman–Crippen LogP) is 3.90. The Hall–Kier alpha value is -2.13. The summed E-state index contributed by atoms with van der Waals surface area (Å²) in [4.78, 5) is 11.9. The molecule has 2 aromatic rings. The van der Waals surface area contributed by atoms with E-state index in [-0.39, 0.29) is 12.1 Å². The maximum absolute atomic E-state index is 11.9. The maximum Gasteiger partial charge on any atom is 0.338 e. The molecule has 0 saturated heterocycles. The summed E-state index contributed by atoms with van der Waals surface area (Å²) in [5.74, 6) is -0.303. The van der Waals surface area contributed by atoms with Crippen molar-refractivity contribution in [2.75, 3.05) is 6.61 Å². The first kappa shape index (κ1) is 14.8. The highest BCUT2D eigenvalue weighted by molar-refractivity contribution is 5.91. The van der Waals surface area contributed by atoms with Crippen molar-refractivity contribution >= 4 is 5.97 Å². The molecule has 3 nitrogen and oxygen atoms in total. The maximum atomic E-state index is 11.9. The van der Waals surface area contributed by atoms with Crippen LogP contribution in [0.5, 0.6) is 0 Å². The van der Waals surface area contributed by atoms with Crippen LogP contribution in [-0.2, 0) is 11.2 Å². The number of hydrogen-bond acceptors (Lipinski definition) is 3. The number of rotatable bonds is 3. The molecule has 2 aromatic carbocycles. The second-order valence-corrected chi connectivity index (χ2v) is 5.62. The van der Waals surface area contributed by atoms with E-state index in [4.69, 9.17) is 4.74 Å². The fraction of sp³-hybridized carbons (Fsp3) is 0.316. The molecule has 0 heterocycles. The van der Waals surface area contributed by atoms with Crippen molar-refractivity contribution in [3.8, 4) is 11.1 Å². The Balaban J connectivity index is 1.96. The standard InChI is InChI=1S/C19H20O3/c1-2-22-19(21)16-7-3-6-14(11-16)15-10-9-13-5-4-8-18(20)17(13)12-15/h3,6-7,9-12,18,20H,2,4-5,8H2,1H3. The SMILES string of the molecule is CCOC(=O)c1cccc(-c2ccc3c(c2)C(O)CCC3)c1. The van der Waals surface area contributed by atoms with E-state index in [1.54, 1.807) is 13.0 Å². The van der Waals surface area contributed by atoms with Gasteiger partial charge in [0.25, 0.3) is 0 Å². The van der Waals surface area contributed by atoms with Gasteiger partial charge in [-0.1, -0.05) is 24.3 Å². The van der Waals surface area contributed by atoms with Crippen LogP contribution >= 0.6 is 0 Å². The lowest BCUT2D eigenvalue weighted by molar-refractivity contribution is 0.0526. The van der Waals surface area contributed by atoms with E-state index < -0.39 is 0 Å². The third kappa shape index (κ3) is 2.90. The Morgan fingerprint density at radius 1 is 1.23 bits per heavy atom. The van der Waals surface area contributed by atoms with E-state index in [0.717, 1.165) is 36.0 Å². The zero-order valence-electron chi connectivity index (χ0n) is 12.7. The predicted molar refractivity (Wildman–Crippen MR) is 85.7 cm³/mol. The van der Waals surface area contributed by atoms with Gasteiger partial charge in [0.05, 0.1) is 18.3 Å². The van der Waals surface area contributed by atoms with E-state index in [1.165, 1.54) is 5.56 Å². The van der Waals surface area contributed by atoms with Crippen molar-refractivity contribution in [1.82, 2.24) is 0 Å². The fourth-order valence-corrected chi connectivity index (χ4v) is 2.99. The van der Waals surface area contributed by atoms with Gasteiger partial charge in [-0.25, -0.2) is 4.79 Å². The number of ether oxygens (including phenoxy) is 1. The van der Waals surface area contributed by atoms with Crippen LogP contribution < -0.4 is 0 Å². The van der Waals surface area contributed by atoms with Crippen molar-refractivity contribution in [1.29, 1.82) is 0 Å². The monoisotopic (exact) mass is 296 g/mol. The lowest BCUT2D eigenvalue weighted by atomic mass is 9.87. The van der Waals surface area contributed by atoms with E-state index in [9.17, 15) is 9.90 Å². The smallest absolute Gasteiger partial charge is 0.338 e. The summed E-state index contributed by atoms with van der Waals surface area (Å²) in [5.41, 5.74) is 4.78. The molecule has 1 atom stereocenters. The number of aliphatic hydroxyl groups excluding tert-OH is 1. The van der Waals surface area contributed by atoms with Crippen LogP contribution in [0.1, 0.15) is 47.4 Å². The van der Waals surface area contributed by atoms with Crippen LogP contribution in [0.4, 0.5) is 0 Å². The molecular formula is C19H20O3. The van der Waals surface area contributed by atoms with E-state index in [1.807, 2.05) is 24.3 Å². The van der Waals surface area contributed by atoms with Gasteiger partial charge in [-0.2, -0.15) is 0 Å². The Kier molecular flexibility index (Phi) is 4.25. The first-order chi connectivity index (χ1) is 10.7. The normalized spacial score (nSPS) is 16.9. The van der Waals surface area contributed by atoms with Gasteiger partial charge in [0.2, 0.25) is 0 Å². The lowest BCUT2D eigenvalue weighted by Gasteiger charge is -2.22. The number of benzene rings is 2. The van der Waals surface area contributed by atoms with E-state index in [0.29, 0.717) is 12.2 Å². The van der Waals surface area contributed by atoms with Gasteiger partial charge in [-0.3, -0.25) is 0 Å². The molecule has 22 heavy (non-hydrogen) atoms. The van der Waals surface area contributed by atoms with Crippen molar-refractivity contribution in [3.63, 3.8) is 0 Å². The molecule has 3 heteroatoms. The number of esters is 1. The molecule has 0 bridgehead atoms. The molecule has 0 radical (unpaired) electrons. The summed E-state index contributed by atoms with van der Waals surface area (Å²) < 4.78 is 5.05. The van der Waals surface area contributed by atoms with Gasteiger partial charge in [-0.05, 0) is 66.6 Å². The molecule has 3 rings (SSSR count). The number of carbonyl (C=O) groups is 1. The topological polar surface area (TPSA) is 46.5 Å². The summed E-state index contributed by atoms with van der Waals surface area (Å²) >= 11 is 0. The van der Waals surface area contributed by atoms with Crippen molar-refractivity contribution in [2.24, 2.45) is 0 Å². The highest BCUT2D eigenvalue weighted by Gasteiger charge is 2.18. The molecule has 0 spiro atoms. The van der Waals surface area contributed by atoms with Crippen molar-refractivity contribution in [2.45, 2.75) is 32.3 Å². The minimum Gasteiger partial charge on any atom is -0.462 e. The Morgan fingerprint density at radius 2 is 2.05 bits per heavy atom. The second-order valence-electron chi connectivity index (χ2n) is 5.62. The summed E-state index contributed by atoms with van der Waals surface area (Å²) in [6, 6.07) is 13.6. The largest absolute Gasteiger partial charge is 0.462 e. The van der Waals surface area contributed by atoms with Crippen LogP contribution in [0.15, 0.2) is 42.5 Å². The van der Waals surface area contributed by atoms with Gasteiger partial charge in [-0.15, -0.1) is 0 Å². The molecular weight excluding hydrogens is 276 g/mol. The molecule has 1 aliphatic rings. The molecule has 0 saturated carbocycles. The van der Waals surface area contributed by atoms with Gasteiger partial charge in [0.1, 0.15) is 0 Å². The number of fused-ring (bicyclic) bond motifs is 1. The minimum absolute atomic E-state index is 0.303. The third-order valence-electron chi connectivity index (χ3n) is 4.14. The van der Waals surface area contributed by atoms with Crippen LogP contribution in [0, 0.1) is 0 Å². The number of aryl methyl sites for hydroxylation is 1.